The summed E-state index contributed by atoms with van der Waals surface area (Å²) in [6.45, 7) is 2.48. The highest BCUT2D eigenvalue weighted by atomic mass is 16.5. The van der Waals surface area contributed by atoms with E-state index in [1.165, 1.54) is 44.4 Å². The number of esters is 1. The fraction of sp³-hybridized carbons (Fsp3) is 0.667. The van der Waals surface area contributed by atoms with Crippen molar-refractivity contribution in [2.45, 2.75) is 45.4 Å². The Bertz CT molecular complexity index is 316. The van der Waals surface area contributed by atoms with Crippen molar-refractivity contribution in [3.8, 4) is 11.8 Å². The molecule has 3 heteroatoms. The minimum atomic E-state index is -0.382. The molecule has 18 heavy (non-hydrogen) atoms. The molecule has 0 spiro atoms. The molecule has 0 bridgehead atoms. The van der Waals surface area contributed by atoms with E-state index in [4.69, 9.17) is 9.47 Å². The first-order valence-corrected chi connectivity index (χ1v) is 6.73. The third kappa shape index (κ3) is 7.01. The summed E-state index contributed by atoms with van der Waals surface area (Å²) in [5.41, 5.74) is 0. The van der Waals surface area contributed by atoms with Crippen LogP contribution in [0, 0.1) is 17.8 Å². The first-order valence-electron chi connectivity index (χ1n) is 6.73. The molecule has 0 N–H and O–H groups in total. The van der Waals surface area contributed by atoms with Gasteiger partial charge < -0.3 is 9.47 Å². The molecule has 1 rings (SSSR count). The van der Waals surface area contributed by atoms with Crippen LogP contribution in [-0.4, -0.2) is 19.2 Å². The van der Waals surface area contributed by atoms with E-state index >= 15 is 0 Å². The molecule has 0 aliphatic heterocycles. The quantitative estimate of drug-likeness (QED) is 0.247. The number of carbonyl (C=O) groups is 1. The molecule has 0 aromatic heterocycles. The summed E-state index contributed by atoms with van der Waals surface area (Å²) in [4.78, 5) is 10.9. The van der Waals surface area contributed by atoms with Gasteiger partial charge in [-0.1, -0.05) is 31.1 Å². The molecule has 1 aliphatic rings. The number of rotatable bonds is 5. The topological polar surface area (TPSA) is 35.5 Å². The van der Waals surface area contributed by atoms with Crippen LogP contribution in [0.15, 0.2) is 12.3 Å². The van der Waals surface area contributed by atoms with E-state index in [9.17, 15) is 4.79 Å². The van der Waals surface area contributed by atoms with Crippen LogP contribution in [0.5, 0.6) is 0 Å². The van der Waals surface area contributed by atoms with Gasteiger partial charge in [-0.3, -0.25) is 0 Å². The Morgan fingerprint density at radius 2 is 2.06 bits per heavy atom. The minimum absolute atomic E-state index is 0.336. The van der Waals surface area contributed by atoms with E-state index < -0.39 is 0 Å². The molecule has 1 saturated carbocycles. The van der Waals surface area contributed by atoms with Crippen molar-refractivity contribution < 1.29 is 14.3 Å². The van der Waals surface area contributed by atoms with Gasteiger partial charge in [0.1, 0.15) is 6.61 Å². The van der Waals surface area contributed by atoms with Crippen molar-refractivity contribution in [1.82, 2.24) is 0 Å². The van der Waals surface area contributed by atoms with E-state index in [0.29, 0.717) is 13.2 Å². The van der Waals surface area contributed by atoms with Gasteiger partial charge in [-0.15, -0.1) is 0 Å². The summed E-state index contributed by atoms with van der Waals surface area (Å²) < 4.78 is 9.79. The maximum Gasteiger partial charge on any atom is 0.333 e. The molecule has 0 heterocycles. The maximum absolute atomic E-state index is 10.9. The van der Waals surface area contributed by atoms with E-state index in [1.807, 2.05) is 0 Å². The molecule has 0 radical (unpaired) electrons. The highest BCUT2D eigenvalue weighted by Gasteiger charge is 2.11. The predicted molar refractivity (Wildman–Crippen MR) is 70.7 cm³/mol. The highest BCUT2D eigenvalue weighted by Crippen LogP contribution is 2.25. The molecule has 0 atom stereocenters. The minimum Gasteiger partial charge on any atom is -0.488 e. The Balaban J connectivity index is 2.05. The lowest BCUT2D eigenvalue weighted by Gasteiger charge is -2.18. The van der Waals surface area contributed by atoms with Crippen molar-refractivity contribution in [2.24, 2.45) is 5.92 Å². The average Bonchev–Trinajstić information content (AvgIpc) is 2.39. The van der Waals surface area contributed by atoms with Gasteiger partial charge >= 0.3 is 5.97 Å². The molecule has 0 unspecified atom stereocenters. The van der Waals surface area contributed by atoms with Crippen molar-refractivity contribution in [1.29, 1.82) is 0 Å². The predicted octanol–water partition coefficient (Wildman–Crippen LogP) is 3.05. The number of hydrogen-bond acceptors (Lipinski definition) is 3. The molecule has 0 aromatic carbocycles. The second-order valence-electron chi connectivity index (χ2n) is 4.43. The zero-order valence-corrected chi connectivity index (χ0v) is 11.1. The summed E-state index contributed by atoms with van der Waals surface area (Å²) in [7, 11) is 0. The number of carbonyl (C=O) groups excluding carboxylic acids is 1. The standard InChI is InChI=1S/C15H22O3/c1-2-18-15(16)11-13-17-12-7-6-10-14-8-4-3-5-9-14/h11,13-14H,2-5,8-10,12H2,1H3/b13-11+. The fourth-order valence-electron chi connectivity index (χ4n) is 2.04. The number of hydrogen-bond donors (Lipinski definition) is 0. The van der Waals surface area contributed by atoms with Crippen molar-refractivity contribution in [3.63, 3.8) is 0 Å². The molecule has 3 nitrogen and oxygen atoms in total. The van der Waals surface area contributed by atoms with E-state index in [1.54, 1.807) is 6.92 Å². The average molecular weight is 250 g/mol. The van der Waals surface area contributed by atoms with Crippen molar-refractivity contribution in [2.75, 3.05) is 13.2 Å². The summed E-state index contributed by atoms with van der Waals surface area (Å²) in [5.74, 6) is 6.50. The van der Waals surface area contributed by atoms with Crippen LogP contribution in [0.1, 0.15) is 45.4 Å². The third-order valence-corrected chi connectivity index (χ3v) is 2.98. The van der Waals surface area contributed by atoms with Gasteiger partial charge in [-0.05, 0) is 25.7 Å². The van der Waals surface area contributed by atoms with Gasteiger partial charge in [0.05, 0.1) is 18.9 Å². The van der Waals surface area contributed by atoms with Gasteiger partial charge in [0.15, 0.2) is 0 Å². The Hall–Kier alpha value is -1.43. The summed E-state index contributed by atoms with van der Waals surface area (Å²) in [6, 6.07) is 0. The smallest absolute Gasteiger partial charge is 0.333 e. The van der Waals surface area contributed by atoms with Gasteiger partial charge in [-0.25, -0.2) is 4.79 Å². The SMILES string of the molecule is CCOC(=O)/C=C/OCC#CCC1CCCCC1. The van der Waals surface area contributed by atoms with Crippen LogP contribution in [0.25, 0.3) is 0 Å². The molecule has 0 saturated heterocycles. The zero-order chi connectivity index (χ0) is 13.1. The fourth-order valence-corrected chi connectivity index (χ4v) is 2.04. The van der Waals surface area contributed by atoms with Gasteiger partial charge in [-0.2, -0.15) is 0 Å². The van der Waals surface area contributed by atoms with E-state index in [-0.39, 0.29) is 5.97 Å². The maximum atomic E-state index is 10.9. The third-order valence-electron chi connectivity index (χ3n) is 2.98. The number of ether oxygens (including phenoxy) is 2. The second kappa shape index (κ2) is 9.58. The Morgan fingerprint density at radius 3 is 2.78 bits per heavy atom. The molecule has 1 fully saturated rings. The van der Waals surface area contributed by atoms with Crippen LogP contribution in [0.2, 0.25) is 0 Å². The van der Waals surface area contributed by atoms with Gasteiger partial charge in [0, 0.05) is 6.42 Å². The zero-order valence-electron chi connectivity index (χ0n) is 11.1. The lowest BCUT2D eigenvalue weighted by molar-refractivity contribution is -0.137. The van der Waals surface area contributed by atoms with Gasteiger partial charge in [0.2, 0.25) is 0 Å². The highest BCUT2D eigenvalue weighted by molar-refractivity contribution is 5.81. The van der Waals surface area contributed by atoms with Gasteiger partial charge in [0.25, 0.3) is 0 Å². The normalized spacial score (nSPS) is 16.1. The Labute approximate surface area is 110 Å². The largest absolute Gasteiger partial charge is 0.488 e. The lowest BCUT2D eigenvalue weighted by atomic mass is 9.87. The van der Waals surface area contributed by atoms with Crippen molar-refractivity contribution >= 4 is 5.97 Å². The van der Waals surface area contributed by atoms with Crippen LogP contribution in [0.3, 0.4) is 0 Å². The second-order valence-corrected chi connectivity index (χ2v) is 4.43. The molecule has 0 aromatic rings. The van der Waals surface area contributed by atoms with Crippen LogP contribution < -0.4 is 0 Å². The summed E-state index contributed by atoms with van der Waals surface area (Å²) >= 11 is 0. The molecule has 1 aliphatic carbocycles. The molecule has 100 valence electrons. The first kappa shape index (κ1) is 14.6. The van der Waals surface area contributed by atoms with E-state index in [2.05, 4.69) is 11.8 Å². The molecular formula is C15H22O3. The summed E-state index contributed by atoms with van der Waals surface area (Å²) in [6.07, 6.45) is 10.3. The lowest BCUT2D eigenvalue weighted by Crippen LogP contribution is -2.04. The monoisotopic (exact) mass is 250 g/mol. The van der Waals surface area contributed by atoms with Crippen LogP contribution in [0.4, 0.5) is 0 Å². The molecule has 0 amide bonds. The summed E-state index contributed by atoms with van der Waals surface area (Å²) in [5, 5.41) is 0. The Kier molecular flexibility index (Phi) is 7.79. The molecular weight excluding hydrogens is 228 g/mol. The van der Waals surface area contributed by atoms with E-state index in [0.717, 1.165) is 12.3 Å². The van der Waals surface area contributed by atoms with Crippen LogP contribution >= 0.6 is 0 Å². The Morgan fingerprint density at radius 1 is 1.28 bits per heavy atom. The van der Waals surface area contributed by atoms with Crippen molar-refractivity contribution in [3.05, 3.63) is 12.3 Å². The first-order chi connectivity index (χ1) is 8.83. The van der Waals surface area contributed by atoms with Crippen LogP contribution in [-0.2, 0) is 14.3 Å².